The molecule has 0 aliphatic rings. The van der Waals surface area contributed by atoms with Crippen molar-refractivity contribution in [2.24, 2.45) is 0 Å². The number of anilines is 6. The Bertz CT molecular complexity index is 1030. The van der Waals surface area contributed by atoms with Crippen LogP contribution in [0.1, 0.15) is 0 Å². The van der Waals surface area contributed by atoms with Crippen LogP contribution in [0.2, 0.25) is 0 Å². The first-order valence-corrected chi connectivity index (χ1v) is 13.3. The van der Waals surface area contributed by atoms with E-state index in [2.05, 4.69) is 0 Å². The maximum atomic E-state index is 6.22. The van der Waals surface area contributed by atoms with Crippen molar-refractivity contribution in [1.29, 1.82) is 0 Å². The van der Waals surface area contributed by atoms with Gasteiger partial charge in [0.2, 0.25) is 17.8 Å². The Labute approximate surface area is 227 Å². The summed E-state index contributed by atoms with van der Waals surface area (Å²) in [7, 11) is 0. The number of nitrogens with zero attached hydrogens (tertiary/aromatic N) is 6. The molecular formula is C27H27Cl3N6. The van der Waals surface area contributed by atoms with Gasteiger partial charge in [0.1, 0.15) is 0 Å². The number of para-hydroxylation sites is 3. The third-order valence-electron chi connectivity index (χ3n) is 5.45. The minimum Gasteiger partial charge on any atom is -0.309 e. The highest BCUT2D eigenvalue weighted by atomic mass is 35.5. The van der Waals surface area contributed by atoms with Crippen LogP contribution in [0.4, 0.5) is 34.9 Å². The Kier molecular flexibility index (Phi) is 9.61. The second-order valence-corrected chi connectivity index (χ2v) is 8.90. The summed E-state index contributed by atoms with van der Waals surface area (Å²) in [6.07, 6.45) is 0. The highest BCUT2D eigenvalue weighted by molar-refractivity contribution is 6.18. The van der Waals surface area contributed by atoms with Gasteiger partial charge in [-0.15, -0.1) is 34.8 Å². The zero-order valence-electron chi connectivity index (χ0n) is 19.7. The molecule has 0 radical (unpaired) electrons. The third-order valence-corrected chi connectivity index (χ3v) is 5.96. The van der Waals surface area contributed by atoms with E-state index in [-0.39, 0.29) is 0 Å². The Morgan fingerprint density at radius 1 is 0.417 bits per heavy atom. The van der Waals surface area contributed by atoms with Gasteiger partial charge in [-0.05, 0) is 36.4 Å². The van der Waals surface area contributed by atoms with Gasteiger partial charge in [0.05, 0.1) is 0 Å². The zero-order valence-corrected chi connectivity index (χ0v) is 22.0. The van der Waals surface area contributed by atoms with Gasteiger partial charge in [-0.1, -0.05) is 54.6 Å². The zero-order chi connectivity index (χ0) is 25.2. The number of aromatic nitrogens is 3. The molecule has 1 aromatic heterocycles. The third kappa shape index (κ3) is 6.38. The maximum absolute atomic E-state index is 6.22. The summed E-state index contributed by atoms with van der Waals surface area (Å²) in [6, 6.07) is 29.9. The van der Waals surface area contributed by atoms with E-state index in [0.29, 0.717) is 55.1 Å². The lowest BCUT2D eigenvalue weighted by Gasteiger charge is -2.28. The second kappa shape index (κ2) is 13.3. The lowest BCUT2D eigenvalue weighted by molar-refractivity contribution is 0.857. The molecule has 186 valence electrons. The highest BCUT2D eigenvalue weighted by Gasteiger charge is 2.22. The summed E-state index contributed by atoms with van der Waals surface area (Å²) in [4.78, 5) is 20.7. The Morgan fingerprint density at radius 3 is 0.889 bits per heavy atom. The minimum atomic E-state index is 0.402. The number of rotatable bonds is 12. The van der Waals surface area contributed by atoms with Crippen molar-refractivity contribution >= 4 is 69.7 Å². The van der Waals surface area contributed by atoms with Crippen LogP contribution in [0, 0.1) is 0 Å². The van der Waals surface area contributed by atoms with Gasteiger partial charge >= 0.3 is 0 Å². The van der Waals surface area contributed by atoms with Crippen LogP contribution in [0.15, 0.2) is 91.0 Å². The minimum absolute atomic E-state index is 0.402. The average molecular weight is 542 g/mol. The van der Waals surface area contributed by atoms with Crippen molar-refractivity contribution in [1.82, 2.24) is 15.0 Å². The van der Waals surface area contributed by atoms with Crippen molar-refractivity contribution in [3.05, 3.63) is 91.0 Å². The molecular weight excluding hydrogens is 515 g/mol. The van der Waals surface area contributed by atoms with E-state index in [9.17, 15) is 0 Å². The topological polar surface area (TPSA) is 48.4 Å². The normalized spacial score (nSPS) is 10.8. The number of hydrogen-bond acceptors (Lipinski definition) is 6. The first kappa shape index (κ1) is 26.0. The summed E-state index contributed by atoms with van der Waals surface area (Å²) in [5.41, 5.74) is 2.82. The molecule has 0 unspecified atom stereocenters. The number of alkyl halides is 3. The molecule has 0 atom stereocenters. The van der Waals surface area contributed by atoms with Crippen LogP contribution < -0.4 is 14.7 Å². The molecule has 0 saturated heterocycles. The summed E-state index contributed by atoms with van der Waals surface area (Å²) in [6.45, 7) is 1.57. The van der Waals surface area contributed by atoms with Gasteiger partial charge in [0.15, 0.2) is 0 Å². The summed E-state index contributed by atoms with van der Waals surface area (Å²) in [5.74, 6) is 2.69. The molecule has 4 aromatic rings. The van der Waals surface area contributed by atoms with E-state index in [1.807, 2.05) is 106 Å². The Morgan fingerprint density at radius 2 is 0.667 bits per heavy atom. The van der Waals surface area contributed by atoms with Gasteiger partial charge in [0.25, 0.3) is 0 Å². The van der Waals surface area contributed by atoms with Crippen molar-refractivity contribution in [3.8, 4) is 0 Å². The lowest BCUT2D eigenvalue weighted by Crippen LogP contribution is -2.29. The predicted molar refractivity (Wildman–Crippen MR) is 152 cm³/mol. The summed E-state index contributed by atoms with van der Waals surface area (Å²) >= 11 is 18.7. The fraction of sp³-hybridized carbons (Fsp3) is 0.222. The monoisotopic (exact) mass is 540 g/mol. The molecule has 0 aliphatic heterocycles. The smallest absolute Gasteiger partial charge is 0.236 e. The molecule has 0 N–H and O–H groups in total. The molecule has 6 nitrogen and oxygen atoms in total. The molecule has 0 spiro atoms. The van der Waals surface area contributed by atoms with E-state index < -0.39 is 0 Å². The molecule has 0 amide bonds. The molecule has 0 fully saturated rings. The Hall–Kier alpha value is -3.06. The molecule has 0 saturated carbocycles. The molecule has 9 heteroatoms. The van der Waals surface area contributed by atoms with Crippen molar-refractivity contribution in [3.63, 3.8) is 0 Å². The van der Waals surface area contributed by atoms with Gasteiger partial charge in [0, 0.05) is 54.3 Å². The fourth-order valence-corrected chi connectivity index (χ4v) is 4.32. The van der Waals surface area contributed by atoms with Crippen LogP contribution >= 0.6 is 34.8 Å². The van der Waals surface area contributed by atoms with E-state index in [0.717, 1.165) is 17.1 Å². The number of halogens is 3. The quantitative estimate of drug-likeness (QED) is 0.180. The Balaban J connectivity index is 1.90. The van der Waals surface area contributed by atoms with E-state index in [1.54, 1.807) is 0 Å². The number of benzene rings is 3. The highest BCUT2D eigenvalue weighted by Crippen LogP contribution is 2.31. The van der Waals surface area contributed by atoms with Crippen molar-refractivity contribution in [2.45, 2.75) is 0 Å². The van der Waals surface area contributed by atoms with E-state index in [4.69, 9.17) is 49.8 Å². The molecule has 36 heavy (non-hydrogen) atoms. The average Bonchev–Trinajstić information content (AvgIpc) is 2.94. The van der Waals surface area contributed by atoms with Crippen LogP contribution in [-0.2, 0) is 0 Å². The SMILES string of the molecule is ClCCN(c1ccccc1)c1nc(N(CCCl)c2ccccc2)nc(N(CCCl)c2ccccc2)n1. The van der Waals surface area contributed by atoms with Gasteiger partial charge in [-0.2, -0.15) is 15.0 Å². The van der Waals surface area contributed by atoms with Gasteiger partial charge in [-0.25, -0.2) is 0 Å². The lowest BCUT2D eigenvalue weighted by atomic mass is 10.3. The first-order valence-electron chi connectivity index (χ1n) is 11.7. The van der Waals surface area contributed by atoms with Crippen molar-refractivity contribution < 1.29 is 0 Å². The fourth-order valence-electron chi connectivity index (χ4n) is 3.82. The molecule has 0 bridgehead atoms. The largest absolute Gasteiger partial charge is 0.309 e. The standard InChI is InChI=1S/C27H27Cl3N6/c28-16-19-34(22-10-4-1-5-11-22)25-31-26(35(20-17-29)23-12-6-2-7-13-23)33-27(32-25)36(21-18-30)24-14-8-3-9-15-24/h1-15H,16-21H2. The van der Waals surface area contributed by atoms with Gasteiger partial charge < -0.3 is 14.7 Å². The summed E-state index contributed by atoms with van der Waals surface area (Å²) < 4.78 is 0. The second-order valence-electron chi connectivity index (χ2n) is 7.76. The summed E-state index contributed by atoms with van der Waals surface area (Å²) in [5, 5.41) is 0. The molecule has 4 rings (SSSR count). The van der Waals surface area contributed by atoms with Crippen LogP contribution in [0.5, 0.6) is 0 Å². The van der Waals surface area contributed by atoms with E-state index in [1.165, 1.54) is 0 Å². The van der Waals surface area contributed by atoms with Crippen molar-refractivity contribution in [2.75, 3.05) is 52.0 Å². The maximum Gasteiger partial charge on any atom is 0.236 e. The van der Waals surface area contributed by atoms with Crippen LogP contribution in [0.25, 0.3) is 0 Å². The van der Waals surface area contributed by atoms with E-state index >= 15 is 0 Å². The molecule has 0 aliphatic carbocycles. The molecule has 3 aromatic carbocycles. The van der Waals surface area contributed by atoms with Crippen LogP contribution in [0.3, 0.4) is 0 Å². The van der Waals surface area contributed by atoms with Crippen LogP contribution in [-0.4, -0.2) is 52.2 Å². The number of hydrogen-bond donors (Lipinski definition) is 0. The van der Waals surface area contributed by atoms with Gasteiger partial charge in [-0.3, -0.25) is 0 Å². The predicted octanol–water partition coefficient (Wildman–Crippen LogP) is 7.00. The first-order chi connectivity index (χ1) is 17.7. The molecule has 1 heterocycles.